The molecule has 142 valence electrons. The molecule has 0 aliphatic carbocycles. The highest BCUT2D eigenvalue weighted by atomic mass is 32.1. The van der Waals surface area contributed by atoms with E-state index < -0.39 is 0 Å². The van der Waals surface area contributed by atoms with E-state index in [1.807, 2.05) is 48.5 Å². The van der Waals surface area contributed by atoms with Crippen molar-refractivity contribution in [1.29, 1.82) is 0 Å². The van der Waals surface area contributed by atoms with E-state index in [4.69, 9.17) is 0 Å². The number of amides is 3. The van der Waals surface area contributed by atoms with Crippen molar-refractivity contribution in [2.45, 2.75) is 25.7 Å². The summed E-state index contributed by atoms with van der Waals surface area (Å²) in [5, 5.41) is 3.79. The van der Waals surface area contributed by atoms with Crippen molar-refractivity contribution in [3.05, 3.63) is 48.5 Å². The predicted octanol–water partition coefficient (Wildman–Crippen LogP) is 3.83. The minimum Gasteiger partial charge on any atom is -0.326 e. The van der Waals surface area contributed by atoms with Crippen molar-refractivity contribution in [1.82, 2.24) is 9.88 Å². The lowest BCUT2D eigenvalue weighted by Gasteiger charge is -2.13. The Balaban J connectivity index is 1.32. The number of benzene rings is 2. The van der Waals surface area contributed by atoms with E-state index in [-0.39, 0.29) is 37.0 Å². The Morgan fingerprint density at radius 3 is 2.46 bits per heavy atom. The van der Waals surface area contributed by atoms with Crippen LogP contribution in [0.25, 0.3) is 20.8 Å². The molecule has 7 heteroatoms. The summed E-state index contributed by atoms with van der Waals surface area (Å²) in [6, 6.07) is 15.6. The highest BCUT2D eigenvalue weighted by Crippen LogP contribution is 2.30. The molecule has 0 spiro atoms. The van der Waals surface area contributed by atoms with Crippen LogP contribution < -0.4 is 5.32 Å². The van der Waals surface area contributed by atoms with E-state index in [0.29, 0.717) is 18.7 Å². The first-order valence-corrected chi connectivity index (χ1v) is 10.0. The van der Waals surface area contributed by atoms with Crippen LogP contribution in [0.4, 0.5) is 5.69 Å². The summed E-state index contributed by atoms with van der Waals surface area (Å²) >= 11 is 1.64. The summed E-state index contributed by atoms with van der Waals surface area (Å²) in [5.74, 6) is -0.418. The van der Waals surface area contributed by atoms with Crippen LogP contribution in [0, 0.1) is 0 Å². The summed E-state index contributed by atoms with van der Waals surface area (Å²) < 4.78 is 1.14. The lowest BCUT2D eigenvalue weighted by molar-refractivity contribution is -0.138. The molecule has 0 saturated carbocycles. The fourth-order valence-corrected chi connectivity index (χ4v) is 4.16. The van der Waals surface area contributed by atoms with Crippen LogP contribution >= 0.6 is 11.3 Å². The van der Waals surface area contributed by atoms with Gasteiger partial charge in [0.05, 0.1) is 10.2 Å². The molecule has 1 fully saturated rings. The van der Waals surface area contributed by atoms with Crippen molar-refractivity contribution in [2.75, 3.05) is 11.9 Å². The van der Waals surface area contributed by atoms with Crippen LogP contribution in [0.5, 0.6) is 0 Å². The van der Waals surface area contributed by atoms with E-state index in [9.17, 15) is 14.4 Å². The smallest absolute Gasteiger partial charge is 0.229 e. The van der Waals surface area contributed by atoms with E-state index in [2.05, 4.69) is 10.3 Å². The number of aromatic nitrogens is 1. The number of anilines is 1. The molecule has 3 amide bonds. The second kappa shape index (κ2) is 7.90. The van der Waals surface area contributed by atoms with Gasteiger partial charge >= 0.3 is 0 Å². The molecule has 0 atom stereocenters. The Morgan fingerprint density at radius 2 is 1.75 bits per heavy atom. The molecule has 1 saturated heterocycles. The Kier molecular flexibility index (Phi) is 5.16. The van der Waals surface area contributed by atoms with Crippen molar-refractivity contribution in [2.24, 2.45) is 0 Å². The van der Waals surface area contributed by atoms with Crippen molar-refractivity contribution >= 4 is 45.0 Å². The number of hydrogen-bond donors (Lipinski definition) is 1. The number of thiazole rings is 1. The quantitative estimate of drug-likeness (QED) is 0.646. The van der Waals surface area contributed by atoms with Gasteiger partial charge in [-0.25, -0.2) is 4.98 Å². The standard InChI is InChI=1S/C21H19N3O3S/c25-18(6-3-13-24-19(26)11-12-20(24)27)22-15-9-7-14(8-10-15)21-23-16-4-1-2-5-17(16)28-21/h1-2,4-5,7-10H,3,6,11-13H2,(H,22,25). The summed E-state index contributed by atoms with van der Waals surface area (Å²) in [5.41, 5.74) is 2.70. The zero-order chi connectivity index (χ0) is 19.5. The fourth-order valence-electron chi connectivity index (χ4n) is 3.19. The van der Waals surface area contributed by atoms with Gasteiger partial charge in [-0.15, -0.1) is 11.3 Å². The van der Waals surface area contributed by atoms with Crippen molar-refractivity contribution < 1.29 is 14.4 Å². The third-order valence-electron chi connectivity index (χ3n) is 4.65. The first-order valence-electron chi connectivity index (χ1n) is 9.19. The molecule has 3 aromatic rings. The monoisotopic (exact) mass is 393 g/mol. The molecule has 1 aliphatic heterocycles. The van der Waals surface area contributed by atoms with Crippen LogP contribution in [0.15, 0.2) is 48.5 Å². The first-order chi connectivity index (χ1) is 13.6. The van der Waals surface area contributed by atoms with E-state index in [1.165, 1.54) is 4.90 Å². The number of carbonyl (C=O) groups is 3. The third-order valence-corrected chi connectivity index (χ3v) is 5.74. The molecule has 2 heterocycles. The van der Waals surface area contributed by atoms with Gasteiger partial charge in [0, 0.05) is 37.1 Å². The molecular weight excluding hydrogens is 374 g/mol. The van der Waals surface area contributed by atoms with Gasteiger partial charge in [0.25, 0.3) is 0 Å². The Bertz CT molecular complexity index is 993. The van der Waals surface area contributed by atoms with Gasteiger partial charge in [-0.05, 0) is 42.8 Å². The average molecular weight is 393 g/mol. The van der Waals surface area contributed by atoms with Crippen LogP contribution in [0.1, 0.15) is 25.7 Å². The van der Waals surface area contributed by atoms with Crippen LogP contribution in [0.3, 0.4) is 0 Å². The lowest BCUT2D eigenvalue weighted by atomic mass is 10.2. The van der Waals surface area contributed by atoms with Gasteiger partial charge in [-0.1, -0.05) is 12.1 Å². The summed E-state index contributed by atoms with van der Waals surface area (Å²) in [6.45, 7) is 0.307. The number of rotatable bonds is 6. The lowest BCUT2D eigenvalue weighted by Crippen LogP contribution is -2.30. The van der Waals surface area contributed by atoms with Crippen LogP contribution in [-0.2, 0) is 14.4 Å². The van der Waals surface area contributed by atoms with Crippen LogP contribution in [0.2, 0.25) is 0 Å². The molecular formula is C21H19N3O3S. The number of carbonyl (C=O) groups excluding carboxylic acids is 3. The number of fused-ring (bicyclic) bond motifs is 1. The SMILES string of the molecule is O=C(CCCN1C(=O)CCC1=O)Nc1ccc(-c2nc3ccccc3s2)cc1. The molecule has 1 N–H and O–H groups in total. The first kappa shape index (κ1) is 18.3. The second-order valence-electron chi connectivity index (χ2n) is 6.65. The van der Waals surface area contributed by atoms with E-state index in [0.717, 1.165) is 20.8 Å². The van der Waals surface area contributed by atoms with Gasteiger partial charge < -0.3 is 5.32 Å². The van der Waals surface area contributed by atoms with Crippen molar-refractivity contribution in [3.8, 4) is 10.6 Å². The minimum atomic E-state index is -0.143. The van der Waals surface area contributed by atoms with Crippen LogP contribution in [-0.4, -0.2) is 34.2 Å². The molecule has 0 unspecified atom stereocenters. The maximum Gasteiger partial charge on any atom is 0.229 e. The van der Waals surface area contributed by atoms with Gasteiger partial charge in [-0.3, -0.25) is 19.3 Å². The highest BCUT2D eigenvalue weighted by Gasteiger charge is 2.28. The normalized spacial score (nSPS) is 14.1. The summed E-state index contributed by atoms with van der Waals surface area (Å²) in [6.07, 6.45) is 1.29. The zero-order valence-corrected chi connectivity index (χ0v) is 16.0. The topological polar surface area (TPSA) is 79.4 Å². The van der Waals surface area contributed by atoms with Gasteiger partial charge in [0.15, 0.2) is 0 Å². The average Bonchev–Trinajstić information content (AvgIpc) is 3.27. The largest absolute Gasteiger partial charge is 0.326 e. The molecule has 28 heavy (non-hydrogen) atoms. The minimum absolute atomic E-state index is 0.133. The van der Waals surface area contributed by atoms with Gasteiger partial charge in [0.1, 0.15) is 5.01 Å². The van der Waals surface area contributed by atoms with Crippen molar-refractivity contribution in [3.63, 3.8) is 0 Å². The Hall–Kier alpha value is -3.06. The molecule has 0 bridgehead atoms. The maximum atomic E-state index is 12.1. The van der Waals surface area contributed by atoms with Gasteiger partial charge in [-0.2, -0.15) is 0 Å². The number of likely N-dealkylation sites (tertiary alicyclic amines) is 1. The molecule has 1 aliphatic rings. The molecule has 6 nitrogen and oxygen atoms in total. The number of nitrogens with zero attached hydrogens (tertiary/aromatic N) is 2. The second-order valence-corrected chi connectivity index (χ2v) is 7.69. The predicted molar refractivity (Wildman–Crippen MR) is 109 cm³/mol. The van der Waals surface area contributed by atoms with E-state index in [1.54, 1.807) is 11.3 Å². The third kappa shape index (κ3) is 3.94. The Labute approximate surface area is 166 Å². The molecule has 0 radical (unpaired) electrons. The molecule has 4 rings (SSSR count). The highest BCUT2D eigenvalue weighted by molar-refractivity contribution is 7.21. The number of para-hydroxylation sites is 1. The summed E-state index contributed by atoms with van der Waals surface area (Å²) in [7, 11) is 0. The number of nitrogens with one attached hydrogen (secondary N) is 1. The Morgan fingerprint density at radius 1 is 1.04 bits per heavy atom. The number of hydrogen-bond acceptors (Lipinski definition) is 5. The number of imide groups is 1. The fraction of sp³-hybridized carbons (Fsp3) is 0.238. The maximum absolute atomic E-state index is 12.1. The van der Waals surface area contributed by atoms with E-state index >= 15 is 0 Å². The summed E-state index contributed by atoms with van der Waals surface area (Å²) in [4.78, 5) is 41.1. The molecule has 2 aromatic carbocycles. The zero-order valence-electron chi connectivity index (χ0n) is 15.2. The molecule has 1 aromatic heterocycles. The van der Waals surface area contributed by atoms with Gasteiger partial charge in [0.2, 0.25) is 17.7 Å².